The molecule has 2 heterocycles. The summed E-state index contributed by atoms with van der Waals surface area (Å²) in [6.45, 7) is 2.01. The van der Waals surface area contributed by atoms with Gasteiger partial charge in [-0.3, -0.25) is 4.79 Å². The molecule has 1 amide bonds. The van der Waals surface area contributed by atoms with Gasteiger partial charge in [0.1, 0.15) is 5.82 Å². The number of rotatable bonds is 3. The van der Waals surface area contributed by atoms with E-state index in [0.29, 0.717) is 11.5 Å². The number of carbonyl (C=O) groups excluding carboxylic acids is 1. The minimum atomic E-state index is 0.113. The summed E-state index contributed by atoms with van der Waals surface area (Å²) < 4.78 is 0. The number of nitrogens with zero attached hydrogens (tertiary/aromatic N) is 2. The van der Waals surface area contributed by atoms with Crippen LogP contribution in [0.1, 0.15) is 12.8 Å². The van der Waals surface area contributed by atoms with Crippen LogP contribution in [0.2, 0.25) is 0 Å². The second-order valence-electron chi connectivity index (χ2n) is 3.88. The van der Waals surface area contributed by atoms with Gasteiger partial charge in [-0.1, -0.05) is 0 Å². The Labute approximate surface area is 94.6 Å². The molecule has 1 fully saturated rings. The van der Waals surface area contributed by atoms with Gasteiger partial charge < -0.3 is 16.0 Å². The lowest BCUT2D eigenvalue weighted by atomic mass is 10.4. The van der Waals surface area contributed by atoms with Crippen LogP contribution in [0.15, 0.2) is 18.3 Å². The zero-order valence-electron chi connectivity index (χ0n) is 9.15. The molecule has 1 aromatic rings. The van der Waals surface area contributed by atoms with Crippen LogP contribution in [0.3, 0.4) is 0 Å². The largest absolute Gasteiger partial charge is 0.396 e. The van der Waals surface area contributed by atoms with E-state index in [0.717, 1.165) is 25.9 Å². The number of nitrogens with one attached hydrogen (secondary N) is 1. The van der Waals surface area contributed by atoms with E-state index in [1.165, 1.54) is 0 Å². The van der Waals surface area contributed by atoms with Gasteiger partial charge in [-0.25, -0.2) is 4.98 Å². The van der Waals surface area contributed by atoms with E-state index >= 15 is 0 Å². The molecule has 3 N–H and O–H groups in total. The molecule has 1 aliphatic rings. The van der Waals surface area contributed by atoms with Gasteiger partial charge in [0.25, 0.3) is 0 Å². The first-order valence-electron chi connectivity index (χ1n) is 5.49. The van der Waals surface area contributed by atoms with E-state index in [-0.39, 0.29) is 12.5 Å². The monoisotopic (exact) mass is 220 g/mol. The van der Waals surface area contributed by atoms with Crippen molar-refractivity contribution in [1.29, 1.82) is 0 Å². The Hall–Kier alpha value is -1.78. The molecule has 0 saturated carbocycles. The van der Waals surface area contributed by atoms with E-state index in [2.05, 4.69) is 10.3 Å². The van der Waals surface area contributed by atoms with Crippen LogP contribution < -0.4 is 11.1 Å². The highest BCUT2D eigenvalue weighted by atomic mass is 16.2. The van der Waals surface area contributed by atoms with Crippen molar-refractivity contribution in [3.05, 3.63) is 18.3 Å². The molecule has 2 rings (SSSR count). The molecule has 1 aliphatic heterocycles. The number of hydrogen-bond donors (Lipinski definition) is 2. The van der Waals surface area contributed by atoms with Crippen molar-refractivity contribution in [2.75, 3.05) is 30.7 Å². The fraction of sp³-hybridized carbons (Fsp3) is 0.455. The van der Waals surface area contributed by atoms with E-state index in [1.807, 2.05) is 4.90 Å². The number of carbonyl (C=O) groups is 1. The molecule has 5 heteroatoms. The number of nitrogen functional groups attached to an aromatic ring is 1. The lowest BCUT2D eigenvalue weighted by Crippen LogP contribution is -2.33. The van der Waals surface area contributed by atoms with Gasteiger partial charge >= 0.3 is 0 Å². The van der Waals surface area contributed by atoms with Gasteiger partial charge in [0.2, 0.25) is 5.91 Å². The fourth-order valence-corrected chi connectivity index (χ4v) is 1.80. The van der Waals surface area contributed by atoms with Gasteiger partial charge in [0.05, 0.1) is 12.2 Å². The maximum Gasteiger partial charge on any atom is 0.241 e. The number of nitrogens with two attached hydrogens (primary N) is 1. The second-order valence-corrected chi connectivity index (χ2v) is 3.88. The van der Waals surface area contributed by atoms with Gasteiger partial charge in [-0.2, -0.15) is 0 Å². The summed E-state index contributed by atoms with van der Waals surface area (Å²) in [4.78, 5) is 17.7. The number of amides is 1. The van der Waals surface area contributed by atoms with E-state index in [4.69, 9.17) is 5.73 Å². The van der Waals surface area contributed by atoms with Crippen molar-refractivity contribution < 1.29 is 4.79 Å². The Morgan fingerprint density at radius 1 is 1.50 bits per heavy atom. The number of pyridine rings is 1. The average Bonchev–Trinajstić information content (AvgIpc) is 2.81. The van der Waals surface area contributed by atoms with Crippen LogP contribution in [0.4, 0.5) is 11.5 Å². The van der Waals surface area contributed by atoms with E-state index in [1.54, 1.807) is 18.3 Å². The SMILES string of the molecule is Nc1cccnc1NCC(=O)N1CCCC1. The third-order valence-corrected chi connectivity index (χ3v) is 2.70. The Balaban J connectivity index is 1.87. The van der Waals surface area contributed by atoms with Crippen molar-refractivity contribution in [2.45, 2.75) is 12.8 Å². The highest BCUT2D eigenvalue weighted by molar-refractivity contribution is 5.81. The smallest absolute Gasteiger partial charge is 0.241 e. The number of anilines is 2. The summed E-state index contributed by atoms with van der Waals surface area (Å²) in [5, 5.41) is 2.96. The topological polar surface area (TPSA) is 71.2 Å². The minimum Gasteiger partial charge on any atom is -0.396 e. The Morgan fingerprint density at radius 2 is 2.25 bits per heavy atom. The summed E-state index contributed by atoms with van der Waals surface area (Å²) in [6.07, 6.45) is 3.87. The van der Waals surface area contributed by atoms with Gasteiger partial charge in [-0.05, 0) is 25.0 Å². The van der Waals surface area contributed by atoms with Crippen LogP contribution >= 0.6 is 0 Å². The van der Waals surface area contributed by atoms with Crippen molar-refractivity contribution in [2.24, 2.45) is 0 Å². The van der Waals surface area contributed by atoms with Crippen LogP contribution in [0.25, 0.3) is 0 Å². The molecule has 0 radical (unpaired) electrons. The third-order valence-electron chi connectivity index (χ3n) is 2.70. The first-order chi connectivity index (χ1) is 7.77. The summed E-state index contributed by atoms with van der Waals surface area (Å²) in [5.41, 5.74) is 6.28. The second kappa shape index (κ2) is 4.83. The predicted molar refractivity (Wildman–Crippen MR) is 63.0 cm³/mol. The molecule has 16 heavy (non-hydrogen) atoms. The fourth-order valence-electron chi connectivity index (χ4n) is 1.80. The summed E-state index contributed by atoms with van der Waals surface area (Å²) in [5.74, 6) is 0.692. The zero-order valence-corrected chi connectivity index (χ0v) is 9.15. The van der Waals surface area contributed by atoms with Crippen LogP contribution in [-0.2, 0) is 4.79 Å². The standard InChI is InChI=1S/C11H16N4O/c12-9-4-3-5-13-11(9)14-8-10(16)15-6-1-2-7-15/h3-5H,1-2,6-8,12H2,(H,13,14). The lowest BCUT2D eigenvalue weighted by molar-refractivity contribution is -0.128. The molecule has 0 spiro atoms. The molecule has 0 aliphatic carbocycles. The third kappa shape index (κ3) is 2.42. The van der Waals surface area contributed by atoms with Crippen molar-refractivity contribution >= 4 is 17.4 Å². The Morgan fingerprint density at radius 3 is 2.94 bits per heavy atom. The molecule has 0 atom stereocenters. The van der Waals surface area contributed by atoms with Crippen molar-refractivity contribution in [3.8, 4) is 0 Å². The van der Waals surface area contributed by atoms with E-state index < -0.39 is 0 Å². The van der Waals surface area contributed by atoms with Crippen LogP contribution in [0.5, 0.6) is 0 Å². The maximum absolute atomic E-state index is 11.7. The minimum absolute atomic E-state index is 0.113. The van der Waals surface area contributed by atoms with Gasteiger partial charge in [0.15, 0.2) is 0 Å². The zero-order chi connectivity index (χ0) is 11.4. The summed E-state index contributed by atoms with van der Waals surface area (Å²) in [6, 6.07) is 3.53. The van der Waals surface area contributed by atoms with Crippen LogP contribution in [-0.4, -0.2) is 35.4 Å². The highest BCUT2D eigenvalue weighted by Crippen LogP contribution is 2.13. The Bertz CT molecular complexity index is 374. The number of aromatic nitrogens is 1. The molecule has 1 saturated heterocycles. The lowest BCUT2D eigenvalue weighted by Gasteiger charge is -2.16. The quantitative estimate of drug-likeness (QED) is 0.786. The normalized spacial score (nSPS) is 15.1. The van der Waals surface area contributed by atoms with Crippen molar-refractivity contribution in [3.63, 3.8) is 0 Å². The molecule has 0 aromatic carbocycles. The number of likely N-dealkylation sites (tertiary alicyclic amines) is 1. The molecule has 0 bridgehead atoms. The molecule has 1 aromatic heterocycles. The molecular formula is C11H16N4O. The molecular weight excluding hydrogens is 204 g/mol. The maximum atomic E-state index is 11.7. The highest BCUT2D eigenvalue weighted by Gasteiger charge is 2.17. The molecule has 5 nitrogen and oxygen atoms in total. The average molecular weight is 220 g/mol. The van der Waals surface area contributed by atoms with Gasteiger partial charge in [0, 0.05) is 19.3 Å². The van der Waals surface area contributed by atoms with Gasteiger partial charge in [-0.15, -0.1) is 0 Å². The first kappa shape index (κ1) is 10.7. The number of hydrogen-bond acceptors (Lipinski definition) is 4. The summed E-state index contributed by atoms with van der Waals surface area (Å²) in [7, 11) is 0. The van der Waals surface area contributed by atoms with Crippen molar-refractivity contribution in [1.82, 2.24) is 9.88 Å². The van der Waals surface area contributed by atoms with Crippen LogP contribution in [0, 0.1) is 0 Å². The first-order valence-corrected chi connectivity index (χ1v) is 5.49. The molecule has 0 unspecified atom stereocenters. The molecule has 86 valence electrons. The summed E-state index contributed by atoms with van der Waals surface area (Å²) >= 11 is 0. The Kier molecular flexibility index (Phi) is 3.24. The predicted octanol–water partition coefficient (Wildman–Crippen LogP) is 0.698. The van der Waals surface area contributed by atoms with E-state index in [9.17, 15) is 4.79 Å².